The van der Waals surface area contributed by atoms with Gasteiger partial charge in [0.2, 0.25) is 5.91 Å². The van der Waals surface area contributed by atoms with E-state index in [4.69, 9.17) is 11.6 Å². The Balaban J connectivity index is 1.69. The van der Waals surface area contributed by atoms with Crippen LogP contribution in [-0.2, 0) is 14.6 Å². The van der Waals surface area contributed by atoms with E-state index in [2.05, 4.69) is 10.3 Å². The van der Waals surface area contributed by atoms with Crippen molar-refractivity contribution in [1.82, 2.24) is 4.98 Å². The fourth-order valence-electron chi connectivity index (χ4n) is 2.11. The van der Waals surface area contributed by atoms with E-state index in [1.165, 1.54) is 22.7 Å². The molecule has 0 spiro atoms. The van der Waals surface area contributed by atoms with E-state index in [1.807, 2.05) is 11.4 Å². The van der Waals surface area contributed by atoms with Crippen molar-refractivity contribution in [3.8, 4) is 10.6 Å². The molecule has 0 aliphatic carbocycles. The first kappa shape index (κ1) is 15.0. The second-order valence-electron chi connectivity index (χ2n) is 4.73. The summed E-state index contributed by atoms with van der Waals surface area (Å²) in [6.07, 6.45) is 0.382. The Morgan fingerprint density at radius 2 is 2.24 bits per heavy atom. The number of thiophene rings is 1. The Hall–Kier alpha value is -0.960. The van der Waals surface area contributed by atoms with Crippen molar-refractivity contribution in [3.05, 3.63) is 21.8 Å². The molecule has 112 valence electrons. The van der Waals surface area contributed by atoms with Gasteiger partial charge in [0.15, 0.2) is 15.0 Å². The van der Waals surface area contributed by atoms with Gasteiger partial charge < -0.3 is 5.32 Å². The molecule has 3 rings (SSSR count). The number of carbonyl (C=O) groups excluding carboxylic acids is 1. The largest absolute Gasteiger partial charge is 0.302 e. The zero-order valence-electron chi connectivity index (χ0n) is 10.7. The monoisotopic (exact) mass is 362 g/mol. The summed E-state index contributed by atoms with van der Waals surface area (Å²) in [5.41, 5.74) is 0.756. The van der Waals surface area contributed by atoms with Gasteiger partial charge in [-0.1, -0.05) is 11.6 Å². The Morgan fingerprint density at radius 1 is 1.43 bits per heavy atom. The molecule has 3 heterocycles. The summed E-state index contributed by atoms with van der Waals surface area (Å²) < 4.78 is 23.5. The third kappa shape index (κ3) is 3.45. The molecular formula is C12H11ClN2O3S3. The van der Waals surface area contributed by atoms with Gasteiger partial charge in [-0.3, -0.25) is 4.79 Å². The quantitative estimate of drug-likeness (QED) is 0.910. The first-order chi connectivity index (χ1) is 9.93. The number of carbonyl (C=O) groups is 1. The number of nitrogens with zero attached hydrogens (tertiary/aromatic N) is 1. The Kier molecular flexibility index (Phi) is 4.04. The lowest BCUT2D eigenvalue weighted by Gasteiger charge is -2.06. The number of anilines is 1. The molecular weight excluding hydrogens is 352 g/mol. The summed E-state index contributed by atoms with van der Waals surface area (Å²) >= 11 is 8.61. The van der Waals surface area contributed by atoms with Gasteiger partial charge in [0.1, 0.15) is 0 Å². The predicted octanol–water partition coefficient (Wildman–Crippen LogP) is 2.90. The molecule has 1 unspecified atom stereocenters. The third-order valence-corrected chi connectivity index (χ3v) is 6.94. The zero-order chi connectivity index (χ0) is 15.0. The lowest BCUT2D eigenvalue weighted by molar-refractivity contribution is -0.119. The van der Waals surface area contributed by atoms with Crippen LogP contribution in [0.1, 0.15) is 6.42 Å². The van der Waals surface area contributed by atoms with Gasteiger partial charge in [0.05, 0.1) is 32.3 Å². The fraction of sp³-hybridized carbons (Fsp3) is 0.333. The van der Waals surface area contributed by atoms with Crippen LogP contribution < -0.4 is 5.32 Å². The summed E-state index contributed by atoms with van der Waals surface area (Å²) in [6.45, 7) is 0. The van der Waals surface area contributed by atoms with Crippen LogP contribution in [-0.4, -0.2) is 30.8 Å². The molecule has 1 fully saturated rings. The first-order valence-corrected chi connectivity index (χ1v) is 10.0. The van der Waals surface area contributed by atoms with E-state index in [0.717, 1.165) is 10.6 Å². The van der Waals surface area contributed by atoms with Gasteiger partial charge in [-0.05, 0) is 18.6 Å². The highest BCUT2D eigenvalue weighted by molar-refractivity contribution is 7.91. The third-order valence-electron chi connectivity index (χ3n) is 3.16. The Bertz CT molecular complexity index is 781. The SMILES string of the molecule is O=C(Nc1nc(-c2ccc(Cl)s2)cs1)C1CCS(=O)(=O)C1. The average molecular weight is 363 g/mol. The maximum Gasteiger partial charge on any atom is 0.230 e. The number of amides is 1. The summed E-state index contributed by atoms with van der Waals surface area (Å²) in [6, 6.07) is 3.67. The van der Waals surface area contributed by atoms with E-state index in [1.54, 1.807) is 6.07 Å². The summed E-state index contributed by atoms with van der Waals surface area (Å²) in [7, 11) is -3.06. The molecule has 0 aromatic carbocycles. The normalized spacial score (nSPS) is 20.5. The second-order valence-corrected chi connectivity index (χ2v) is 9.53. The van der Waals surface area contributed by atoms with Crippen LogP contribution in [0.5, 0.6) is 0 Å². The van der Waals surface area contributed by atoms with Crippen molar-refractivity contribution in [1.29, 1.82) is 0 Å². The molecule has 2 aromatic heterocycles. The molecule has 1 saturated heterocycles. The van der Waals surface area contributed by atoms with Gasteiger partial charge >= 0.3 is 0 Å². The van der Waals surface area contributed by atoms with Crippen LogP contribution in [0.2, 0.25) is 4.34 Å². The van der Waals surface area contributed by atoms with E-state index >= 15 is 0 Å². The molecule has 21 heavy (non-hydrogen) atoms. The minimum Gasteiger partial charge on any atom is -0.302 e. The minimum absolute atomic E-state index is 0.0718. The van der Waals surface area contributed by atoms with E-state index < -0.39 is 15.8 Å². The first-order valence-electron chi connectivity index (χ1n) is 6.15. The van der Waals surface area contributed by atoms with Crippen LogP contribution in [0.3, 0.4) is 0 Å². The Labute approximate surface area is 134 Å². The molecule has 9 heteroatoms. The smallest absolute Gasteiger partial charge is 0.230 e. The lowest BCUT2D eigenvalue weighted by Crippen LogP contribution is -2.23. The van der Waals surface area contributed by atoms with Crippen LogP contribution in [0.4, 0.5) is 5.13 Å². The predicted molar refractivity (Wildman–Crippen MR) is 85.8 cm³/mol. The topological polar surface area (TPSA) is 76.1 Å². The van der Waals surface area contributed by atoms with Gasteiger partial charge in [-0.15, -0.1) is 22.7 Å². The van der Waals surface area contributed by atoms with Crippen molar-refractivity contribution >= 4 is 55.2 Å². The van der Waals surface area contributed by atoms with Crippen molar-refractivity contribution in [2.45, 2.75) is 6.42 Å². The van der Waals surface area contributed by atoms with Gasteiger partial charge in [0.25, 0.3) is 0 Å². The van der Waals surface area contributed by atoms with Crippen LogP contribution >= 0.6 is 34.3 Å². The minimum atomic E-state index is -3.06. The standard InChI is InChI=1S/C12H11ClN2O3S3/c13-10-2-1-9(20-10)8-5-19-12(14-8)15-11(16)7-3-4-21(17,18)6-7/h1-2,5,7H,3-4,6H2,(H,14,15,16). The molecule has 1 amide bonds. The number of hydrogen-bond acceptors (Lipinski definition) is 6. The Morgan fingerprint density at radius 3 is 2.86 bits per heavy atom. The van der Waals surface area contributed by atoms with Crippen molar-refractivity contribution in [3.63, 3.8) is 0 Å². The number of sulfone groups is 1. The maximum atomic E-state index is 12.0. The van der Waals surface area contributed by atoms with E-state index in [-0.39, 0.29) is 17.4 Å². The number of aromatic nitrogens is 1. The van der Waals surface area contributed by atoms with Crippen LogP contribution in [0.15, 0.2) is 17.5 Å². The van der Waals surface area contributed by atoms with E-state index in [0.29, 0.717) is 15.9 Å². The van der Waals surface area contributed by atoms with Crippen molar-refractivity contribution in [2.75, 3.05) is 16.8 Å². The second kappa shape index (κ2) is 5.68. The summed E-state index contributed by atoms with van der Waals surface area (Å²) in [5, 5.41) is 5.01. The molecule has 1 aliphatic heterocycles. The van der Waals surface area contributed by atoms with Gasteiger partial charge in [0, 0.05) is 5.38 Å². The molecule has 1 N–H and O–H groups in total. The highest BCUT2D eigenvalue weighted by Gasteiger charge is 2.33. The fourth-order valence-corrected chi connectivity index (χ4v) is 5.64. The van der Waals surface area contributed by atoms with Crippen molar-refractivity contribution in [2.24, 2.45) is 5.92 Å². The number of hydrogen-bond donors (Lipinski definition) is 1. The zero-order valence-corrected chi connectivity index (χ0v) is 13.9. The molecule has 5 nitrogen and oxygen atoms in total. The molecule has 1 atom stereocenters. The highest BCUT2D eigenvalue weighted by Crippen LogP contribution is 2.33. The number of halogens is 1. The van der Waals surface area contributed by atoms with E-state index in [9.17, 15) is 13.2 Å². The van der Waals surface area contributed by atoms with Crippen molar-refractivity contribution < 1.29 is 13.2 Å². The number of rotatable bonds is 3. The highest BCUT2D eigenvalue weighted by atomic mass is 35.5. The molecule has 0 bridgehead atoms. The lowest BCUT2D eigenvalue weighted by atomic mass is 10.1. The number of thiazole rings is 1. The molecule has 0 radical (unpaired) electrons. The van der Waals surface area contributed by atoms with Crippen LogP contribution in [0, 0.1) is 5.92 Å². The van der Waals surface area contributed by atoms with Gasteiger partial charge in [-0.2, -0.15) is 0 Å². The summed E-state index contributed by atoms with van der Waals surface area (Å²) in [4.78, 5) is 17.3. The average Bonchev–Trinajstić information content (AvgIpc) is 3.09. The maximum absolute atomic E-state index is 12.0. The molecule has 2 aromatic rings. The summed E-state index contributed by atoms with van der Waals surface area (Å²) in [5.74, 6) is -0.737. The molecule has 1 aliphatic rings. The van der Waals surface area contributed by atoms with Gasteiger partial charge in [-0.25, -0.2) is 13.4 Å². The molecule has 0 saturated carbocycles. The number of nitrogens with one attached hydrogen (secondary N) is 1. The van der Waals surface area contributed by atoms with Crippen LogP contribution in [0.25, 0.3) is 10.6 Å².